The second-order valence-corrected chi connectivity index (χ2v) is 22.6. The predicted molar refractivity (Wildman–Crippen MR) is 252 cm³/mol. The van der Waals surface area contributed by atoms with E-state index in [4.69, 9.17) is 37.9 Å². The van der Waals surface area contributed by atoms with Crippen molar-refractivity contribution in [2.75, 3.05) is 30.5 Å². The summed E-state index contributed by atoms with van der Waals surface area (Å²) in [6.07, 6.45) is -12.9. The highest BCUT2D eigenvalue weighted by Gasteiger charge is 2.72. The number of halogens is 2. The molecule has 8 fully saturated rings. The average Bonchev–Trinajstić information content (AvgIpc) is 3.82. The number of para-hydroxylation sites is 2. The molecule has 4 aliphatic carbocycles. The molecule has 18 nitrogen and oxygen atoms in total. The van der Waals surface area contributed by atoms with Crippen LogP contribution in [0.15, 0.2) is 48.5 Å². The number of fused-ring (bicyclic) bond motifs is 7. The molecule has 2 aromatic rings. The summed E-state index contributed by atoms with van der Waals surface area (Å²) in [6.45, 7) is 8.11. The summed E-state index contributed by atoms with van der Waals surface area (Å²) in [7, 11) is 0. The van der Waals surface area contributed by atoms with Crippen LogP contribution in [0.4, 0.5) is 29.7 Å². The Morgan fingerprint density at radius 3 is 2.07 bits per heavy atom. The summed E-state index contributed by atoms with van der Waals surface area (Å²) in [5.74, 6) is -0.0493. The Bertz CT molecular complexity index is 2340. The van der Waals surface area contributed by atoms with E-state index in [9.17, 15) is 48.7 Å². The van der Waals surface area contributed by atoms with Crippen LogP contribution in [-0.4, -0.2) is 143 Å². The van der Waals surface area contributed by atoms with Gasteiger partial charge in [0.2, 0.25) is 0 Å². The normalized spacial score (nSPS) is 45.1. The number of Topliss-reactive ketones (excluding diaryl/α,β-unsaturated/α-hetero) is 1. The van der Waals surface area contributed by atoms with Crippen molar-refractivity contribution in [1.82, 2.24) is 0 Å². The van der Waals surface area contributed by atoms with Crippen LogP contribution in [0.3, 0.4) is 0 Å². The van der Waals surface area contributed by atoms with Crippen molar-refractivity contribution in [2.45, 2.75) is 165 Å². The molecule has 5 unspecified atom stereocenters. The minimum Gasteiger partial charge on any atom is -0.446 e. The number of anilines is 2. The number of amides is 2. The van der Waals surface area contributed by atoms with Crippen molar-refractivity contribution < 1.29 is 86.6 Å². The van der Waals surface area contributed by atoms with Crippen LogP contribution in [0.25, 0.3) is 0 Å². The second kappa shape index (κ2) is 20.5. The molecule has 4 saturated heterocycles. The SMILES string of the molecule is C[C@@H]1CC[C@@]2(OC1)OC1CC3C4CC[C@H]5C[C@@H](O[C@@H]6O[C@@H](CO)[C@@H](O[C@@H]7O[C@@H](COC(=O)Nc8ccccc8F)[C@@H](OC(=O)Nc8ccccc8F)[C@H](O)[C@@H]7O)[C@H](O)[C@@H]6O)CC[C@]5(C)C4CC(=O)[C@]3(C)C1[C@@H]2C. The van der Waals surface area contributed by atoms with Gasteiger partial charge in [-0.2, -0.15) is 0 Å². The number of carbonyl (C=O) groups excluding carboxylic acids is 3. The van der Waals surface area contributed by atoms with E-state index < -0.39 is 110 Å². The van der Waals surface area contributed by atoms with Gasteiger partial charge in [0.25, 0.3) is 0 Å². The molecule has 2 amide bonds. The Balaban J connectivity index is 0.774. The van der Waals surface area contributed by atoms with Crippen molar-refractivity contribution in [1.29, 1.82) is 0 Å². The summed E-state index contributed by atoms with van der Waals surface area (Å²) < 4.78 is 77.0. The zero-order valence-corrected chi connectivity index (χ0v) is 41.6. The lowest BCUT2D eigenvalue weighted by molar-refractivity contribution is -0.363. The number of rotatable bonds is 10. The molecule has 2 aromatic carbocycles. The standard InChI is InChI=1S/C53H70F2N2O16/c1-25-15-18-53(67-23-25)26(2)40-36(73-53)20-31-29-14-13-27-19-28(16-17-51(27,3)30(29)21-39(59)52(31,40)4)68-47-43(62)41(60)45(37(22-58)69-47)71-48-44(63)42(61)46(72-50(65)57-35-12-8-6-10-33(35)55)38(70-48)24-66-49(64)56-34-11-7-5-9-32(34)54/h5-12,25-31,36-38,40-48,58,60-63H,13-24H2,1-4H3,(H,56,64)(H,57,65)/t25-,26+,27+,28+,29?,30?,31?,36?,37+,38+,40?,41-,42-,43+,44+,45-,46-,47-,48+,51+,52-,53-/m1/s1. The average molecular weight is 1030 g/mol. The fourth-order valence-electron chi connectivity index (χ4n) is 14.7. The third-order valence-corrected chi connectivity index (χ3v) is 18.7. The molecule has 402 valence electrons. The van der Waals surface area contributed by atoms with E-state index in [2.05, 4.69) is 38.3 Å². The number of hydrogen-bond donors (Lipinski definition) is 7. The molecule has 4 saturated carbocycles. The van der Waals surface area contributed by atoms with Gasteiger partial charge in [-0.3, -0.25) is 15.4 Å². The summed E-state index contributed by atoms with van der Waals surface area (Å²) in [6, 6.07) is 10.4. The van der Waals surface area contributed by atoms with Gasteiger partial charge in [0.1, 0.15) is 66.8 Å². The topological polar surface area (TPSA) is 250 Å². The minimum atomic E-state index is -2.04. The van der Waals surface area contributed by atoms with Crippen molar-refractivity contribution >= 4 is 29.3 Å². The molecular formula is C53H70F2N2O16. The first kappa shape index (κ1) is 52.5. The Morgan fingerprint density at radius 1 is 0.767 bits per heavy atom. The van der Waals surface area contributed by atoms with Crippen molar-refractivity contribution in [3.63, 3.8) is 0 Å². The summed E-state index contributed by atoms with van der Waals surface area (Å²) in [4.78, 5) is 40.4. The van der Waals surface area contributed by atoms with E-state index in [1.807, 2.05) is 0 Å². The fraction of sp³-hybridized carbons (Fsp3) is 0.717. The van der Waals surface area contributed by atoms with Crippen LogP contribution in [0, 0.1) is 63.9 Å². The van der Waals surface area contributed by atoms with Gasteiger partial charge >= 0.3 is 12.2 Å². The molecule has 0 aromatic heterocycles. The molecule has 4 aliphatic heterocycles. The first-order chi connectivity index (χ1) is 34.8. The molecule has 1 spiro atoms. The molecule has 4 heterocycles. The molecule has 8 aliphatic rings. The lowest BCUT2D eigenvalue weighted by Crippen LogP contribution is -2.65. The van der Waals surface area contributed by atoms with Crippen LogP contribution in [0.5, 0.6) is 0 Å². The highest BCUT2D eigenvalue weighted by atomic mass is 19.1. The highest BCUT2D eigenvalue weighted by Crippen LogP contribution is 2.70. The highest BCUT2D eigenvalue weighted by molar-refractivity contribution is 5.87. The van der Waals surface area contributed by atoms with Gasteiger partial charge in [0, 0.05) is 30.1 Å². The number of ketones is 1. The van der Waals surface area contributed by atoms with Crippen LogP contribution in [0.1, 0.15) is 85.5 Å². The Hall–Kier alpha value is -3.93. The Labute approximate surface area is 422 Å². The Morgan fingerprint density at radius 2 is 1.41 bits per heavy atom. The van der Waals surface area contributed by atoms with Crippen molar-refractivity contribution in [3.8, 4) is 0 Å². The van der Waals surface area contributed by atoms with E-state index in [0.717, 1.165) is 50.7 Å². The maximum atomic E-state index is 14.7. The fourth-order valence-corrected chi connectivity index (χ4v) is 14.7. The summed E-state index contributed by atoms with van der Waals surface area (Å²) in [5, 5.41) is 60.8. The number of hydrogen-bond acceptors (Lipinski definition) is 16. The van der Waals surface area contributed by atoms with Crippen molar-refractivity contribution in [3.05, 3.63) is 60.2 Å². The molecule has 22 atom stereocenters. The van der Waals surface area contributed by atoms with Gasteiger partial charge < -0.3 is 63.4 Å². The monoisotopic (exact) mass is 1030 g/mol. The lowest BCUT2D eigenvalue weighted by Gasteiger charge is -2.60. The largest absolute Gasteiger partial charge is 0.446 e. The van der Waals surface area contributed by atoms with E-state index >= 15 is 0 Å². The molecule has 7 N–H and O–H groups in total. The van der Waals surface area contributed by atoms with Crippen LogP contribution in [0.2, 0.25) is 0 Å². The second-order valence-electron chi connectivity index (χ2n) is 22.6. The smallest absolute Gasteiger partial charge is 0.412 e. The van der Waals surface area contributed by atoms with Crippen molar-refractivity contribution in [2.24, 2.45) is 52.3 Å². The lowest BCUT2D eigenvalue weighted by atomic mass is 9.44. The van der Waals surface area contributed by atoms with Gasteiger partial charge in [-0.05, 0) is 104 Å². The quantitative estimate of drug-likeness (QED) is 0.147. The summed E-state index contributed by atoms with van der Waals surface area (Å²) >= 11 is 0. The molecule has 73 heavy (non-hydrogen) atoms. The predicted octanol–water partition coefficient (Wildman–Crippen LogP) is 5.41. The van der Waals surface area contributed by atoms with E-state index in [-0.39, 0.29) is 58.6 Å². The van der Waals surface area contributed by atoms with Gasteiger partial charge in [-0.15, -0.1) is 0 Å². The van der Waals surface area contributed by atoms with E-state index in [0.29, 0.717) is 43.5 Å². The maximum Gasteiger partial charge on any atom is 0.412 e. The van der Waals surface area contributed by atoms with Crippen LogP contribution < -0.4 is 10.6 Å². The molecule has 10 rings (SSSR count). The minimum absolute atomic E-state index is 0.000483. The van der Waals surface area contributed by atoms with Gasteiger partial charge in [0.05, 0.1) is 36.8 Å². The van der Waals surface area contributed by atoms with Gasteiger partial charge in [-0.1, -0.05) is 52.0 Å². The molecule has 20 heteroatoms. The number of aliphatic hydroxyl groups is 5. The number of ether oxygens (including phenoxy) is 8. The van der Waals surface area contributed by atoms with E-state index in [1.165, 1.54) is 36.4 Å². The molecule has 0 radical (unpaired) electrons. The number of carbonyl (C=O) groups is 3. The van der Waals surface area contributed by atoms with Gasteiger partial charge in [-0.25, -0.2) is 18.4 Å². The molecule has 0 bridgehead atoms. The van der Waals surface area contributed by atoms with E-state index in [1.54, 1.807) is 0 Å². The first-order valence-electron chi connectivity index (χ1n) is 26.1. The zero-order valence-electron chi connectivity index (χ0n) is 41.6. The first-order valence-corrected chi connectivity index (χ1v) is 26.1. The number of aliphatic hydroxyl groups excluding tert-OH is 5. The molecular weight excluding hydrogens is 959 g/mol. The van der Waals surface area contributed by atoms with Crippen LogP contribution >= 0.6 is 0 Å². The third kappa shape index (κ3) is 9.48. The summed E-state index contributed by atoms with van der Waals surface area (Å²) in [5.41, 5.74) is -1.08. The zero-order chi connectivity index (χ0) is 51.7. The Kier molecular flexibility index (Phi) is 14.8. The third-order valence-electron chi connectivity index (χ3n) is 18.7. The van der Waals surface area contributed by atoms with Gasteiger partial charge in [0.15, 0.2) is 24.5 Å². The van der Waals surface area contributed by atoms with Crippen LogP contribution in [-0.2, 0) is 42.7 Å². The number of nitrogens with one attached hydrogen (secondary N) is 2. The number of benzene rings is 2. The maximum absolute atomic E-state index is 14.7.